The van der Waals surface area contributed by atoms with Crippen LogP contribution in [0.15, 0.2) is 54.6 Å². The Morgan fingerprint density at radius 3 is 2.35 bits per heavy atom. The second-order valence-corrected chi connectivity index (χ2v) is 5.81. The first-order valence-electron chi connectivity index (χ1n) is 7.91. The summed E-state index contributed by atoms with van der Waals surface area (Å²) in [7, 11) is 0. The molecule has 23 heavy (non-hydrogen) atoms. The van der Waals surface area contributed by atoms with E-state index in [0.29, 0.717) is 0 Å². The molecule has 0 aliphatic heterocycles. The predicted molar refractivity (Wildman–Crippen MR) is 91.9 cm³/mol. The quantitative estimate of drug-likeness (QED) is 0.817. The van der Waals surface area contributed by atoms with E-state index in [0.717, 1.165) is 18.5 Å². The number of amides is 1. The van der Waals surface area contributed by atoms with Gasteiger partial charge in [0.1, 0.15) is 11.9 Å². The zero-order valence-electron chi connectivity index (χ0n) is 13.6. The van der Waals surface area contributed by atoms with Gasteiger partial charge < -0.3 is 10.6 Å². The van der Waals surface area contributed by atoms with Gasteiger partial charge in [-0.15, -0.1) is 0 Å². The van der Waals surface area contributed by atoms with Crippen molar-refractivity contribution in [1.82, 2.24) is 5.32 Å². The Balaban J connectivity index is 1.77. The fourth-order valence-corrected chi connectivity index (χ4v) is 2.33. The minimum absolute atomic E-state index is 0.0603. The SMILES string of the molecule is C[C@H](CCc1ccccc1)NC(=O)[C@@H](C)Nc1ccc(F)cc1. The maximum absolute atomic E-state index is 12.9. The van der Waals surface area contributed by atoms with Gasteiger partial charge in [0, 0.05) is 11.7 Å². The van der Waals surface area contributed by atoms with E-state index >= 15 is 0 Å². The highest BCUT2D eigenvalue weighted by Crippen LogP contribution is 2.10. The third-order valence-electron chi connectivity index (χ3n) is 3.72. The molecule has 2 aromatic rings. The zero-order chi connectivity index (χ0) is 16.7. The number of hydrogen-bond donors (Lipinski definition) is 2. The summed E-state index contributed by atoms with van der Waals surface area (Å²) in [6, 6.07) is 15.9. The van der Waals surface area contributed by atoms with Gasteiger partial charge in [0.05, 0.1) is 0 Å². The Morgan fingerprint density at radius 2 is 1.70 bits per heavy atom. The smallest absolute Gasteiger partial charge is 0.242 e. The topological polar surface area (TPSA) is 41.1 Å². The number of rotatable bonds is 7. The molecule has 1 amide bonds. The molecule has 0 aliphatic rings. The Hall–Kier alpha value is -2.36. The fraction of sp³-hybridized carbons (Fsp3) is 0.316. The van der Waals surface area contributed by atoms with Gasteiger partial charge in [-0.3, -0.25) is 4.79 Å². The van der Waals surface area contributed by atoms with Crippen LogP contribution in [0, 0.1) is 5.82 Å². The van der Waals surface area contributed by atoms with Crippen molar-refractivity contribution in [2.45, 2.75) is 38.8 Å². The number of nitrogens with one attached hydrogen (secondary N) is 2. The molecule has 122 valence electrons. The Kier molecular flexibility index (Phi) is 6.15. The molecule has 0 heterocycles. The molecule has 0 aromatic heterocycles. The lowest BCUT2D eigenvalue weighted by molar-refractivity contribution is -0.122. The molecule has 2 aromatic carbocycles. The summed E-state index contributed by atoms with van der Waals surface area (Å²) < 4.78 is 12.9. The Labute approximate surface area is 136 Å². The molecule has 0 saturated heterocycles. The Morgan fingerprint density at radius 1 is 1.04 bits per heavy atom. The van der Waals surface area contributed by atoms with Crippen LogP contribution in [0.5, 0.6) is 0 Å². The average Bonchev–Trinajstić information content (AvgIpc) is 2.56. The van der Waals surface area contributed by atoms with Crippen LogP contribution < -0.4 is 10.6 Å². The lowest BCUT2D eigenvalue weighted by atomic mass is 10.1. The van der Waals surface area contributed by atoms with Gasteiger partial charge in [-0.1, -0.05) is 30.3 Å². The minimum Gasteiger partial charge on any atom is -0.374 e. The average molecular weight is 314 g/mol. The van der Waals surface area contributed by atoms with Crippen LogP contribution in [0.4, 0.5) is 10.1 Å². The largest absolute Gasteiger partial charge is 0.374 e. The van der Waals surface area contributed by atoms with Crippen LogP contribution in [0.3, 0.4) is 0 Å². The van der Waals surface area contributed by atoms with Gasteiger partial charge >= 0.3 is 0 Å². The van der Waals surface area contributed by atoms with Gasteiger partial charge in [0.2, 0.25) is 5.91 Å². The van der Waals surface area contributed by atoms with E-state index in [9.17, 15) is 9.18 Å². The highest BCUT2D eigenvalue weighted by atomic mass is 19.1. The summed E-state index contributed by atoms with van der Waals surface area (Å²) in [4.78, 5) is 12.2. The summed E-state index contributed by atoms with van der Waals surface area (Å²) in [5.74, 6) is -0.350. The van der Waals surface area contributed by atoms with Gasteiger partial charge in [-0.25, -0.2) is 4.39 Å². The number of benzene rings is 2. The van der Waals surface area contributed by atoms with Gasteiger partial charge in [-0.2, -0.15) is 0 Å². The van der Waals surface area contributed by atoms with Crippen molar-refractivity contribution in [3.8, 4) is 0 Å². The van der Waals surface area contributed by atoms with E-state index in [4.69, 9.17) is 0 Å². The van der Waals surface area contributed by atoms with Crippen molar-refractivity contribution in [2.24, 2.45) is 0 Å². The highest BCUT2D eigenvalue weighted by Gasteiger charge is 2.15. The molecule has 0 bridgehead atoms. The molecular weight excluding hydrogens is 291 g/mol. The molecule has 2 atom stereocenters. The maximum Gasteiger partial charge on any atom is 0.242 e. The fourth-order valence-electron chi connectivity index (χ4n) is 2.33. The molecule has 4 heteroatoms. The van der Waals surface area contributed by atoms with E-state index in [2.05, 4.69) is 22.8 Å². The van der Waals surface area contributed by atoms with Crippen molar-refractivity contribution in [2.75, 3.05) is 5.32 Å². The number of hydrogen-bond acceptors (Lipinski definition) is 2. The minimum atomic E-state index is -0.375. The van der Waals surface area contributed by atoms with Crippen molar-refractivity contribution >= 4 is 11.6 Å². The second-order valence-electron chi connectivity index (χ2n) is 5.81. The van der Waals surface area contributed by atoms with Crippen molar-refractivity contribution in [3.63, 3.8) is 0 Å². The number of carbonyl (C=O) groups excluding carboxylic acids is 1. The van der Waals surface area contributed by atoms with Crippen LogP contribution in [0.2, 0.25) is 0 Å². The van der Waals surface area contributed by atoms with E-state index in [1.54, 1.807) is 19.1 Å². The first kappa shape index (κ1) is 17.0. The monoisotopic (exact) mass is 314 g/mol. The lowest BCUT2D eigenvalue weighted by Gasteiger charge is -2.19. The van der Waals surface area contributed by atoms with E-state index in [1.165, 1.54) is 17.7 Å². The number of anilines is 1. The van der Waals surface area contributed by atoms with Gasteiger partial charge in [0.25, 0.3) is 0 Å². The Bertz CT molecular complexity index is 613. The van der Waals surface area contributed by atoms with Crippen LogP contribution in [0.1, 0.15) is 25.8 Å². The maximum atomic E-state index is 12.9. The molecular formula is C19H23FN2O. The summed E-state index contributed by atoms with van der Waals surface area (Å²) in [6.45, 7) is 3.80. The van der Waals surface area contributed by atoms with Crippen molar-refractivity contribution in [1.29, 1.82) is 0 Å². The van der Waals surface area contributed by atoms with Crippen LogP contribution in [-0.4, -0.2) is 18.0 Å². The number of halogens is 1. The summed E-state index contributed by atoms with van der Waals surface area (Å²) >= 11 is 0. The van der Waals surface area contributed by atoms with Crippen LogP contribution in [0.25, 0.3) is 0 Å². The summed E-state index contributed by atoms with van der Waals surface area (Å²) in [5.41, 5.74) is 2.00. The number of carbonyl (C=O) groups is 1. The van der Waals surface area contributed by atoms with E-state index in [1.807, 2.05) is 25.1 Å². The van der Waals surface area contributed by atoms with E-state index in [-0.39, 0.29) is 23.8 Å². The molecule has 3 nitrogen and oxygen atoms in total. The molecule has 0 unspecified atom stereocenters. The molecule has 2 N–H and O–H groups in total. The van der Waals surface area contributed by atoms with Crippen molar-refractivity contribution in [3.05, 3.63) is 66.0 Å². The van der Waals surface area contributed by atoms with Crippen LogP contribution >= 0.6 is 0 Å². The second kappa shape index (κ2) is 8.32. The third kappa shape index (κ3) is 5.74. The first-order valence-corrected chi connectivity index (χ1v) is 7.91. The highest BCUT2D eigenvalue weighted by molar-refractivity contribution is 5.84. The first-order chi connectivity index (χ1) is 11.0. The molecule has 0 spiro atoms. The molecule has 0 aliphatic carbocycles. The summed E-state index contributed by atoms with van der Waals surface area (Å²) in [6.07, 6.45) is 1.82. The van der Waals surface area contributed by atoms with Crippen LogP contribution in [-0.2, 0) is 11.2 Å². The lowest BCUT2D eigenvalue weighted by Crippen LogP contribution is -2.42. The van der Waals surface area contributed by atoms with Crippen molar-refractivity contribution < 1.29 is 9.18 Å². The zero-order valence-corrected chi connectivity index (χ0v) is 13.6. The number of aryl methyl sites for hydroxylation is 1. The predicted octanol–water partition coefficient (Wildman–Crippen LogP) is 3.76. The standard InChI is InChI=1S/C19H23FN2O/c1-14(8-9-16-6-4-3-5-7-16)21-19(23)15(2)22-18-12-10-17(20)11-13-18/h3-7,10-15,22H,8-9H2,1-2H3,(H,21,23)/t14-,15-/m1/s1. The third-order valence-corrected chi connectivity index (χ3v) is 3.72. The summed E-state index contributed by atoms with van der Waals surface area (Å²) in [5, 5.41) is 6.08. The molecule has 0 saturated carbocycles. The molecule has 2 rings (SSSR count). The van der Waals surface area contributed by atoms with Gasteiger partial charge in [-0.05, 0) is 56.5 Å². The molecule has 0 radical (unpaired) electrons. The van der Waals surface area contributed by atoms with E-state index < -0.39 is 0 Å². The normalized spacial score (nSPS) is 13.2. The molecule has 0 fully saturated rings. The van der Waals surface area contributed by atoms with Gasteiger partial charge in [0.15, 0.2) is 0 Å².